The van der Waals surface area contributed by atoms with Crippen molar-refractivity contribution < 1.29 is 19.0 Å². The molecule has 0 aromatic carbocycles. The molecule has 0 aliphatic heterocycles. The van der Waals surface area contributed by atoms with E-state index in [4.69, 9.17) is 19.9 Å². The van der Waals surface area contributed by atoms with Gasteiger partial charge in [-0.25, -0.2) is 4.79 Å². The molecule has 112 valence electrons. The van der Waals surface area contributed by atoms with Gasteiger partial charge in [-0.1, -0.05) is 0 Å². The third-order valence-electron chi connectivity index (χ3n) is 3.12. The van der Waals surface area contributed by atoms with E-state index in [1.54, 1.807) is 13.2 Å². The van der Waals surface area contributed by atoms with Crippen LogP contribution < -0.4 is 5.73 Å². The number of hydrogen-bond acceptors (Lipinski definition) is 5. The molecule has 20 heavy (non-hydrogen) atoms. The summed E-state index contributed by atoms with van der Waals surface area (Å²) in [5, 5.41) is 0. The van der Waals surface area contributed by atoms with Crippen LogP contribution in [-0.2, 0) is 14.2 Å². The van der Waals surface area contributed by atoms with Crippen molar-refractivity contribution in [3.05, 3.63) is 18.0 Å². The Morgan fingerprint density at radius 1 is 1.35 bits per heavy atom. The van der Waals surface area contributed by atoms with E-state index in [1.165, 1.54) is 0 Å². The van der Waals surface area contributed by atoms with Gasteiger partial charge in [-0.2, -0.15) is 0 Å². The number of anilines is 1. The number of carbonyl (C=O) groups excluding carboxylic acids is 1. The molecule has 1 aromatic rings. The van der Waals surface area contributed by atoms with Crippen molar-refractivity contribution in [1.29, 1.82) is 0 Å². The van der Waals surface area contributed by atoms with Crippen LogP contribution in [0.25, 0.3) is 0 Å². The first kappa shape index (κ1) is 14.9. The number of aromatic nitrogens is 1. The van der Waals surface area contributed by atoms with Gasteiger partial charge in [0.25, 0.3) is 0 Å². The molecule has 2 N–H and O–H groups in total. The molecule has 0 saturated heterocycles. The highest BCUT2D eigenvalue weighted by atomic mass is 16.5. The molecule has 0 spiro atoms. The number of carbonyl (C=O) groups is 1. The average molecular weight is 282 g/mol. The number of esters is 1. The second-order valence-electron chi connectivity index (χ2n) is 4.89. The van der Waals surface area contributed by atoms with Gasteiger partial charge in [0.2, 0.25) is 0 Å². The lowest BCUT2D eigenvalue weighted by atomic mass is 10.4. The van der Waals surface area contributed by atoms with E-state index in [2.05, 4.69) is 0 Å². The zero-order chi connectivity index (χ0) is 14.4. The summed E-state index contributed by atoms with van der Waals surface area (Å²) >= 11 is 0. The molecular weight excluding hydrogens is 260 g/mol. The number of nitrogen functional groups attached to an aromatic ring is 1. The second kappa shape index (κ2) is 7.31. The number of rotatable bonds is 9. The van der Waals surface area contributed by atoms with Crippen LogP contribution in [0.3, 0.4) is 0 Å². The minimum absolute atomic E-state index is 0.314. The van der Waals surface area contributed by atoms with Crippen molar-refractivity contribution in [2.24, 2.45) is 0 Å². The van der Waals surface area contributed by atoms with Crippen molar-refractivity contribution in [1.82, 2.24) is 4.57 Å². The maximum absolute atomic E-state index is 12.0. The first-order chi connectivity index (χ1) is 9.72. The fraction of sp³-hybridized carbons (Fsp3) is 0.643. The van der Waals surface area contributed by atoms with Gasteiger partial charge in [-0.05, 0) is 18.9 Å². The smallest absolute Gasteiger partial charge is 0.355 e. The minimum Gasteiger partial charge on any atom is -0.461 e. The van der Waals surface area contributed by atoms with E-state index < -0.39 is 0 Å². The van der Waals surface area contributed by atoms with E-state index in [0.29, 0.717) is 50.3 Å². The molecule has 1 heterocycles. The van der Waals surface area contributed by atoms with Gasteiger partial charge in [0.05, 0.1) is 25.5 Å². The van der Waals surface area contributed by atoms with Crippen LogP contribution in [0, 0.1) is 0 Å². The fourth-order valence-corrected chi connectivity index (χ4v) is 1.96. The Labute approximate surface area is 118 Å². The van der Waals surface area contributed by atoms with Gasteiger partial charge >= 0.3 is 5.97 Å². The summed E-state index contributed by atoms with van der Waals surface area (Å²) in [7, 11) is 1.63. The van der Waals surface area contributed by atoms with Gasteiger partial charge in [0.1, 0.15) is 5.69 Å². The third kappa shape index (κ3) is 4.25. The maximum atomic E-state index is 12.0. The first-order valence-electron chi connectivity index (χ1n) is 6.93. The summed E-state index contributed by atoms with van der Waals surface area (Å²) < 4.78 is 17.3. The lowest BCUT2D eigenvalue weighted by molar-refractivity contribution is 0.0376. The van der Waals surface area contributed by atoms with E-state index in [1.807, 2.05) is 10.8 Å². The molecule has 1 aliphatic carbocycles. The first-order valence-corrected chi connectivity index (χ1v) is 6.93. The molecule has 2 rings (SSSR count). The summed E-state index contributed by atoms with van der Waals surface area (Å²) in [5.74, 6) is -0.314. The van der Waals surface area contributed by atoms with E-state index in [9.17, 15) is 4.79 Å². The maximum Gasteiger partial charge on any atom is 0.355 e. The molecule has 1 saturated carbocycles. The highest BCUT2D eigenvalue weighted by molar-refractivity contribution is 5.89. The van der Waals surface area contributed by atoms with E-state index in [0.717, 1.165) is 12.8 Å². The molecule has 1 fully saturated rings. The lowest BCUT2D eigenvalue weighted by Crippen LogP contribution is -2.13. The van der Waals surface area contributed by atoms with Gasteiger partial charge < -0.3 is 24.5 Å². The third-order valence-corrected chi connectivity index (χ3v) is 3.12. The molecular formula is C14H22N2O4. The summed E-state index contributed by atoms with van der Waals surface area (Å²) in [5.41, 5.74) is 6.90. The Bertz CT molecular complexity index is 440. The van der Waals surface area contributed by atoms with Crippen molar-refractivity contribution in [3.63, 3.8) is 0 Å². The highest BCUT2D eigenvalue weighted by Crippen LogP contribution is 2.37. The van der Waals surface area contributed by atoms with Crippen LogP contribution in [0.2, 0.25) is 0 Å². The van der Waals surface area contributed by atoms with E-state index in [-0.39, 0.29) is 5.97 Å². The fourth-order valence-electron chi connectivity index (χ4n) is 1.96. The highest BCUT2D eigenvalue weighted by Gasteiger charge is 2.28. The van der Waals surface area contributed by atoms with Crippen LogP contribution in [0.15, 0.2) is 12.3 Å². The zero-order valence-corrected chi connectivity index (χ0v) is 11.8. The predicted molar refractivity (Wildman–Crippen MR) is 74.7 cm³/mol. The molecule has 1 aromatic heterocycles. The van der Waals surface area contributed by atoms with Crippen LogP contribution in [0.4, 0.5) is 5.69 Å². The Balaban J connectivity index is 1.69. The number of nitrogens with two attached hydrogens (primary N) is 1. The summed E-state index contributed by atoms with van der Waals surface area (Å²) in [6.45, 7) is 2.05. The van der Waals surface area contributed by atoms with Gasteiger partial charge in [-0.3, -0.25) is 0 Å². The van der Waals surface area contributed by atoms with Crippen LogP contribution in [0.1, 0.15) is 35.8 Å². The molecule has 0 bridgehead atoms. The molecule has 1 aliphatic rings. The number of nitrogens with zero attached hydrogens (tertiary/aromatic N) is 1. The minimum atomic E-state index is -0.314. The van der Waals surface area contributed by atoms with Crippen LogP contribution in [0.5, 0.6) is 0 Å². The molecule has 6 nitrogen and oxygen atoms in total. The van der Waals surface area contributed by atoms with Crippen molar-refractivity contribution in [2.75, 3.05) is 39.3 Å². The molecule has 0 unspecified atom stereocenters. The van der Waals surface area contributed by atoms with Crippen LogP contribution >= 0.6 is 0 Å². The predicted octanol–water partition coefficient (Wildman–Crippen LogP) is 1.62. The number of ether oxygens (including phenoxy) is 3. The Morgan fingerprint density at radius 2 is 2.15 bits per heavy atom. The molecule has 0 amide bonds. The topological polar surface area (TPSA) is 75.7 Å². The SMILES string of the molecule is COCCOCCCOC(=O)c1cc(N)cn1C1CC1. The van der Waals surface area contributed by atoms with Crippen molar-refractivity contribution >= 4 is 11.7 Å². The van der Waals surface area contributed by atoms with Crippen LogP contribution in [-0.4, -0.2) is 44.1 Å². The Kier molecular flexibility index (Phi) is 5.43. The van der Waals surface area contributed by atoms with Crippen molar-refractivity contribution in [2.45, 2.75) is 25.3 Å². The molecule has 6 heteroatoms. The van der Waals surface area contributed by atoms with E-state index >= 15 is 0 Å². The number of hydrogen-bond donors (Lipinski definition) is 1. The quantitative estimate of drug-likeness (QED) is 0.550. The lowest BCUT2D eigenvalue weighted by Gasteiger charge is -2.08. The van der Waals surface area contributed by atoms with Gasteiger partial charge in [-0.15, -0.1) is 0 Å². The second-order valence-corrected chi connectivity index (χ2v) is 4.89. The largest absolute Gasteiger partial charge is 0.461 e. The summed E-state index contributed by atoms with van der Waals surface area (Å²) in [6, 6.07) is 2.09. The summed E-state index contributed by atoms with van der Waals surface area (Å²) in [4.78, 5) is 12.0. The monoisotopic (exact) mass is 282 g/mol. The molecule has 0 radical (unpaired) electrons. The normalized spacial score (nSPS) is 14.4. The van der Waals surface area contributed by atoms with Crippen molar-refractivity contribution in [3.8, 4) is 0 Å². The summed E-state index contributed by atoms with van der Waals surface area (Å²) in [6.07, 6.45) is 4.68. The average Bonchev–Trinajstić information content (AvgIpc) is 3.20. The Hall–Kier alpha value is -1.53. The Morgan fingerprint density at radius 3 is 2.85 bits per heavy atom. The molecule has 0 atom stereocenters. The standard InChI is InChI=1S/C14H22N2O4/c1-18-7-8-19-5-2-6-20-14(17)13-9-11(15)10-16(13)12-3-4-12/h9-10,12H,2-8,15H2,1H3. The van der Waals surface area contributed by atoms with Gasteiger partial charge in [0.15, 0.2) is 0 Å². The number of methoxy groups -OCH3 is 1. The van der Waals surface area contributed by atoms with Gasteiger partial charge in [0, 0.05) is 32.4 Å². The zero-order valence-electron chi connectivity index (χ0n) is 11.8.